The Morgan fingerprint density at radius 2 is 2.06 bits per heavy atom. The first-order chi connectivity index (χ1) is 8.45. The Balaban J connectivity index is 2.83. The second-order valence-electron chi connectivity index (χ2n) is 4.34. The monoisotopic (exact) mass is 291 g/mol. The molecule has 0 aromatic carbocycles. The molecule has 0 bridgehead atoms. The third-order valence-electron chi connectivity index (χ3n) is 2.59. The summed E-state index contributed by atoms with van der Waals surface area (Å²) in [6, 6.07) is 1.71. The molecule has 1 heterocycles. The second kappa shape index (κ2) is 7.02. The lowest BCUT2D eigenvalue weighted by molar-refractivity contribution is 0.126. The highest BCUT2D eigenvalue weighted by molar-refractivity contribution is 6.37. The van der Waals surface area contributed by atoms with E-state index in [0.717, 1.165) is 0 Å². The van der Waals surface area contributed by atoms with E-state index in [1.165, 1.54) is 0 Å². The number of nitrogens with one attached hydrogen (secondary N) is 1. The van der Waals surface area contributed by atoms with Crippen LogP contribution >= 0.6 is 23.2 Å². The summed E-state index contributed by atoms with van der Waals surface area (Å²) in [6.45, 7) is 7.43. The van der Waals surface area contributed by atoms with Crippen LogP contribution in [0.1, 0.15) is 20.8 Å². The molecule has 0 saturated carbocycles. The number of hydrogen-bond acceptors (Lipinski definition) is 4. The van der Waals surface area contributed by atoms with Crippen molar-refractivity contribution < 1.29 is 4.74 Å². The molecule has 0 aliphatic heterocycles. The lowest BCUT2D eigenvalue weighted by atomic mass is 10.1. The first kappa shape index (κ1) is 15.3. The van der Waals surface area contributed by atoms with Crippen LogP contribution in [0.15, 0.2) is 6.07 Å². The average molecular weight is 292 g/mol. The molecule has 0 aliphatic rings. The summed E-state index contributed by atoms with van der Waals surface area (Å²) in [5.74, 6) is 1.19. The van der Waals surface area contributed by atoms with Crippen LogP contribution in [0.4, 0.5) is 11.6 Å². The maximum absolute atomic E-state index is 6.08. The van der Waals surface area contributed by atoms with Crippen molar-refractivity contribution >= 4 is 34.8 Å². The molecule has 0 aliphatic carbocycles. The largest absolute Gasteiger partial charge is 0.382 e. The highest BCUT2D eigenvalue weighted by atomic mass is 35.5. The van der Waals surface area contributed by atoms with E-state index in [2.05, 4.69) is 24.1 Å². The molecular formula is C12H19Cl2N3O. The van der Waals surface area contributed by atoms with Gasteiger partial charge in [-0.1, -0.05) is 37.0 Å². The third kappa shape index (κ3) is 4.19. The van der Waals surface area contributed by atoms with Crippen LogP contribution in [0.2, 0.25) is 10.0 Å². The summed E-state index contributed by atoms with van der Waals surface area (Å²) in [4.78, 5) is 4.15. The zero-order valence-corrected chi connectivity index (χ0v) is 12.3. The maximum atomic E-state index is 6.08. The fourth-order valence-corrected chi connectivity index (χ4v) is 1.82. The summed E-state index contributed by atoms with van der Waals surface area (Å²) < 4.78 is 5.43. The van der Waals surface area contributed by atoms with Crippen LogP contribution in [0.3, 0.4) is 0 Å². The van der Waals surface area contributed by atoms with Crippen molar-refractivity contribution in [3.63, 3.8) is 0 Å². The van der Waals surface area contributed by atoms with Crippen molar-refractivity contribution in [2.45, 2.75) is 26.8 Å². The van der Waals surface area contributed by atoms with Gasteiger partial charge >= 0.3 is 0 Å². The minimum absolute atomic E-state index is 0.121. The average Bonchev–Trinajstić information content (AvgIpc) is 2.30. The van der Waals surface area contributed by atoms with Crippen LogP contribution in [0, 0.1) is 5.92 Å². The fraction of sp³-hybridized carbons (Fsp3) is 0.583. The standard InChI is InChI=1S/C12H19Cl2N3O/c1-4-18-6-10(7(2)3)16-12-9(14)5-8(13)11(15)17-12/h5,7,10H,4,6H2,1-3H3,(H3,15,16,17). The Labute approximate surface area is 118 Å². The number of ether oxygens (including phenoxy) is 1. The van der Waals surface area contributed by atoms with E-state index in [4.69, 9.17) is 33.7 Å². The van der Waals surface area contributed by atoms with Gasteiger partial charge in [-0.15, -0.1) is 0 Å². The Bertz CT molecular complexity index is 399. The predicted molar refractivity (Wildman–Crippen MR) is 77.4 cm³/mol. The van der Waals surface area contributed by atoms with Gasteiger partial charge in [0.1, 0.15) is 11.6 Å². The number of nitrogens with zero attached hydrogens (tertiary/aromatic N) is 1. The normalized spacial score (nSPS) is 12.8. The number of pyridine rings is 1. The van der Waals surface area contributed by atoms with E-state index in [-0.39, 0.29) is 11.9 Å². The quantitative estimate of drug-likeness (QED) is 0.843. The number of anilines is 2. The number of halogens is 2. The molecule has 0 amide bonds. The molecule has 1 atom stereocenters. The van der Waals surface area contributed by atoms with E-state index in [1.807, 2.05) is 6.92 Å². The highest BCUT2D eigenvalue weighted by Crippen LogP contribution is 2.28. The number of nitrogens with two attached hydrogens (primary N) is 1. The van der Waals surface area contributed by atoms with Crippen molar-refractivity contribution in [1.82, 2.24) is 4.98 Å². The van der Waals surface area contributed by atoms with E-state index < -0.39 is 0 Å². The molecule has 0 radical (unpaired) electrons. The Morgan fingerprint density at radius 3 is 2.61 bits per heavy atom. The van der Waals surface area contributed by atoms with Gasteiger partial charge in [0.25, 0.3) is 0 Å². The highest BCUT2D eigenvalue weighted by Gasteiger charge is 2.16. The van der Waals surface area contributed by atoms with Gasteiger partial charge < -0.3 is 15.8 Å². The molecule has 0 fully saturated rings. The number of nitrogen functional groups attached to an aromatic ring is 1. The summed E-state index contributed by atoms with van der Waals surface area (Å²) in [5.41, 5.74) is 5.67. The molecule has 1 aromatic rings. The Kier molecular flexibility index (Phi) is 5.99. The zero-order chi connectivity index (χ0) is 13.7. The van der Waals surface area contributed by atoms with E-state index in [1.54, 1.807) is 6.07 Å². The van der Waals surface area contributed by atoms with E-state index in [0.29, 0.717) is 35.0 Å². The van der Waals surface area contributed by atoms with Crippen LogP contribution in [-0.4, -0.2) is 24.2 Å². The molecule has 1 aromatic heterocycles. The number of aromatic nitrogens is 1. The first-order valence-corrected chi connectivity index (χ1v) is 6.67. The number of hydrogen-bond donors (Lipinski definition) is 2. The van der Waals surface area contributed by atoms with Gasteiger partial charge in [0, 0.05) is 6.61 Å². The van der Waals surface area contributed by atoms with Gasteiger partial charge in [0.2, 0.25) is 0 Å². The molecule has 18 heavy (non-hydrogen) atoms. The Hall–Kier alpha value is -0.710. The molecule has 3 N–H and O–H groups in total. The molecule has 4 nitrogen and oxygen atoms in total. The summed E-state index contributed by atoms with van der Waals surface area (Å²) in [7, 11) is 0. The van der Waals surface area contributed by atoms with Crippen LogP contribution in [-0.2, 0) is 4.74 Å². The maximum Gasteiger partial charge on any atom is 0.147 e. The lowest BCUT2D eigenvalue weighted by Crippen LogP contribution is -2.31. The van der Waals surface area contributed by atoms with Crippen molar-refractivity contribution in [3.05, 3.63) is 16.1 Å². The zero-order valence-electron chi connectivity index (χ0n) is 10.8. The topological polar surface area (TPSA) is 60.2 Å². The van der Waals surface area contributed by atoms with Crippen LogP contribution in [0.5, 0.6) is 0 Å². The van der Waals surface area contributed by atoms with Gasteiger partial charge in [-0.2, -0.15) is 0 Å². The third-order valence-corrected chi connectivity index (χ3v) is 3.18. The second-order valence-corrected chi connectivity index (χ2v) is 5.15. The SMILES string of the molecule is CCOCC(Nc1nc(N)c(Cl)cc1Cl)C(C)C. The molecule has 0 saturated heterocycles. The fourth-order valence-electron chi connectivity index (χ4n) is 1.40. The summed E-state index contributed by atoms with van der Waals surface area (Å²) in [5, 5.41) is 4.06. The minimum atomic E-state index is 0.121. The first-order valence-electron chi connectivity index (χ1n) is 5.91. The van der Waals surface area contributed by atoms with Gasteiger partial charge in [0.05, 0.1) is 22.7 Å². The molecule has 102 valence electrons. The van der Waals surface area contributed by atoms with Crippen molar-refractivity contribution in [2.75, 3.05) is 24.3 Å². The van der Waals surface area contributed by atoms with Crippen LogP contribution in [0.25, 0.3) is 0 Å². The smallest absolute Gasteiger partial charge is 0.147 e. The lowest BCUT2D eigenvalue weighted by Gasteiger charge is -2.23. The van der Waals surface area contributed by atoms with Crippen molar-refractivity contribution in [3.8, 4) is 0 Å². The van der Waals surface area contributed by atoms with E-state index >= 15 is 0 Å². The molecule has 0 spiro atoms. The van der Waals surface area contributed by atoms with Gasteiger partial charge in [-0.25, -0.2) is 4.98 Å². The molecular weight excluding hydrogens is 273 g/mol. The predicted octanol–water partition coefficient (Wildman–Crippen LogP) is 3.44. The van der Waals surface area contributed by atoms with Crippen molar-refractivity contribution in [2.24, 2.45) is 5.92 Å². The van der Waals surface area contributed by atoms with Crippen molar-refractivity contribution in [1.29, 1.82) is 0 Å². The van der Waals surface area contributed by atoms with Gasteiger partial charge in [-0.3, -0.25) is 0 Å². The van der Waals surface area contributed by atoms with Gasteiger partial charge in [-0.05, 0) is 18.9 Å². The molecule has 6 heteroatoms. The minimum Gasteiger partial charge on any atom is -0.382 e. The Morgan fingerprint density at radius 1 is 1.39 bits per heavy atom. The molecule has 1 rings (SSSR count). The van der Waals surface area contributed by atoms with Gasteiger partial charge in [0.15, 0.2) is 0 Å². The number of rotatable bonds is 6. The molecule has 1 unspecified atom stereocenters. The van der Waals surface area contributed by atoms with Crippen LogP contribution < -0.4 is 11.1 Å². The summed E-state index contributed by atoms with van der Waals surface area (Å²) in [6.07, 6.45) is 0. The summed E-state index contributed by atoms with van der Waals surface area (Å²) >= 11 is 11.9. The van der Waals surface area contributed by atoms with E-state index in [9.17, 15) is 0 Å².